The smallest absolute Gasteiger partial charge is 0.303 e. The first-order valence-corrected chi connectivity index (χ1v) is 6.73. The van der Waals surface area contributed by atoms with Gasteiger partial charge in [0.15, 0.2) is 0 Å². The second kappa shape index (κ2) is 9.30. The monoisotopic (exact) mass is 259 g/mol. The number of carboxylic acids is 1. The fourth-order valence-electron chi connectivity index (χ4n) is 2.28. The van der Waals surface area contributed by atoms with Gasteiger partial charge in [-0.25, -0.2) is 0 Å². The van der Waals surface area contributed by atoms with E-state index in [9.17, 15) is 4.79 Å². The van der Waals surface area contributed by atoms with Gasteiger partial charge in [-0.05, 0) is 31.7 Å². The molecule has 1 aliphatic rings. The van der Waals surface area contributed by atoms with Gasteiger partial charge in [-0.3, -0.25) is 4.79 Å². The molecule has 0 aliphatic carbocycles. The largest absolute Gasteiger partial charge is 0.481 e. The molecule has 0 bridgehead atoms. The number of ether oxygens (including phenoxy) is 2. The molecule has 5 heteroatoms. The van der Waals surface area contributed by atoms with E-state index in [0.29, 0.717) is 12.3 Å². The molecule has 106 valence electrons. The van der Waals surface area contributed by atoms with E-state index in [2.05, 4.69) is 4.90 Å². The Balaban J connectivity index is 1.96. The minimum Gasteiger partial charge on any atom is -0.481 e. The molecule has 0 amide bonds. The van der Waals surface area contributed by atoms with Gasteiger partial charge in [0.25, 0.3) is 0 Å². The third-order valence-electron chi connectivity index (χ3n) is 3.33. The zero-order valence-electron chi connectivity index (χ0n) is 11.3. The molecule has 1 rings (SSSR count). The second-order valence-electron chi connectivity index (χ2n) is 4.85. The molecule has 1 unspecified atom stereocenters. The van der Waals surface area contributed by atoms with E-state index in [1.165, 1.54) is 0 Å². The predicted octanol–water partition coefficient (Wildman–Crippen LogP) is 1.23. The highest BCUT2D eigenvalue weighted by molar-refractivity contribution is 5.66. The van der Waals surface area contributed by atoms with Crippen LogP contribution in [-0.4, -0.2) is 62.5 Å². The highest BCUT2D eigenvalue weighted by atomic mass is 16.5. The van der Waals surface area contributed by atoms with Crippen molar-refractivity contribution < 1.29 is 19.4 Å². The molecule has 0 aromatic heterocycles. The van der Waals surface area contributed by atoms with Crippen LogP contribution in [0.25, 0.3) is 0 Å². The van der Waals surface area contributed by atoms with Gasteiger partial charge >= 0.3 is 5.97 Å². The van der Waals surface area contributed by atoms with Crippen LogP contribution in [0.1, 0.15) is 25.7 Å². The lowest BCUT2D eigenvalue weighted by Crippen LogP contribution is -2.25. The summed E-state index contributed by atoms with van der Waals surface area (Å²) in [6, 6.07) is 0. The summed E-state index contributed by atoms with van der Waals surface area (Å²) in [6.07, 6.45) is 3.17. The van der Waals surface area contributed by atoms with Crippen molar-refractivity contribution >= 4 is 5.97 Å². The van der Waals surface area contributed by atoms with E-state index in [-0.39, 0.29) is 0 Å². The van der Waals surface area contributed by atoms with Crippen molar-refractivity contribution in [1.82, 2.24) is 4.90 Å². The summed E-state index contributed by atoms with van der Waals surface area (Å²) in [5, 5.41) is 8.64. The quantitative estimate of drug-likeness (QED) is 0.598. The first-order chi connectivity index (χ1) is 8.72. The van der Waals surface area contributed by atoms with Crippen LogP contribution in [0.2, 0.25) is 0 Å². The van der Waals surface area contributed by atoms with Gasteiger partial charge in [-0.1, -0.05) is 0 Å². The molecule has 1 atom stereocenters. The maximum absolute atomic E-state index is 10.5. The molecule has 1 fully saturated rings. The van der Waals surface area contributed by atoms with E-state index >= 15 is 0 Å². The molecule has 0 aromatic rings. The Hall–Kier alpha value is -0.650. The normalized spacial score (nSPS) is 20.4. The van der Waals surface area contributed by atoms with Crippen LogP contribution in [0, 0.1) is 5.92 Å². The third kappa shape index (κ3) is 6.93. The van der Waals surface area contributed by atoms with Gasteiger partial charge in [0.2, 0.25) is 0 Å². The first kappa shape index (κ1) is 15.4. The Morgan fingerprint density at radius 1 is 1.39 bits per heavy atom. The van der Waals surface area contributed by atoms with Crippen molar-refractivity contribution in [3.8, 4) is 0 Å². The van der Waals surface area contributed by atoms with Crippen molar-refractivity contribution in [3.05, 3.63) is 0 Å². The number of methoxy groups -OCH3 is 1. The molecule has 1 heterocycles. The molecule has 0 radical (unpaired) electrons. The van der Waals surface area contributed by atoms with Crippen LogP contribution in [-0.2, 0) is 14.3 Å². The lowest BCUT2D eigenvalue weighted by molar-refractivity contribution is -0.137. The van der Waals surface area contributed by atoms with Crippen molar-refractivity contribution in [2.45, 2.75) is 25.7 Å². The highest BCUT2D eigenvalue weighted by Gasteiger charge is 2.22. The van der Waals surface area contributed by atoms with Gasteiger partial charge in [0, 0.05) is 39.8 Å². The molecule has 1 saturated heterocycles. The fourth-order valence-corrected chi connectivity index (χ4v) is 2.28. The molecular formula is C13H25NO4. The number of hydrogen-bond donors (Lipinski definition) is 1. The molecule has 0 spiro atoms. The average Bonchev–Trinajstić information content (AvgIpc) is 2.79. The Kier molecular flexibility index (Phi) is 7.96. The summed E-state index contributed by atoms with van der Waals surface area (Å²) < 4.78 is 10.5. The second-order valence-corrected chi connectivity index (χ2v) is 4.85. The van der Waals surface area contributed by atoms with Gasteiger partial charge in [0.05, 0.1) is 6.61 Å². The number of hydrogen-bond acceptors (Lipinski definition) is 4. The first-order valence-electron chi connectivity index (χ1n) is 6.73. The number of aliphatic carboxylic acids is 1. The zero-order valence-corrected chi connectivity index (χ0v) is 11.3. The number of likely N-dealkylation sites (tertiary alicyclic amines) is 1. The minimum absolute atomic E-state index is 0.298. The van der Waals surface area contributed by atoms with Gasteiger partial charge < -0.3 is 19.5 Å². The van der Waals surface area contributed by atoms with E-state index in [1.54, 1.807) is 7.11 Å². The van der Waals surface area contributed by atoms with E-state index < -0.39 is 5.97 Å². The Bertz CT molecular complexity index is 235. The molecule has 1 aliphatic heterocycles. The summed E-state index contributed by atoms with van der Waals surface area (Å²) >= 11 is 0. The van der Waals surface area contributed by atoms with Crippen LogP contribution < -0.4 is 0 Å². The van der Waals surface area contributed by atoms with Crippen LogP contribution in [0.15, 0.2) is 0 Å². The van der Waals surface area contributed by atoms with Crippen LogP contribution in [0.5, 0.6) is 0 Å². The molecule has 0 saturated carbocycles. The molecular weight excluding hydrogens is 234 g/mol. The van der Waals surface area contributed by atoms with E-state index in [0.717, 1.165) is 58.7 Å². The van der Waals surface area contributed by atoms with Crippen LogP contribution in [0.3, 0.4) is 0 Å². The Labute approximate surface area is 109 Å². The molecule has 1 N–H and O–H groups in total. The van der Waals surface area contributed by atoms with Gasteiger partial charge in [0.1, 0.15) is 0 Å². The summed E-state index contributed by atoms with van der Waals surface area (Å²) in [5.74, 6) is -0.135. The van der Waals surface area contributed by atoms with Crippen molar-refractivity contribution in [3.63, 3.8) is 0 Å². The Morgan fingerprint density at radius 3 is 2.94 bits per heavy atom. The maximum atomic E-state index is 10.5. The van der Waals surface area contributed by atoms with Gasteiger partial charge in [-0.15, -0.1) is 0 Å². The molecule has 0 aromatic carbocycles. The molecule has 18 heavy (non-hydrogen) atoms. The average molecular weight is 259 g/mol. The number of rotatable bonds is 10. The number of carboxylic acid groups (broad SMARTS) is 1. The standard InChI is InChI=1S/C13H25NO4/c1-17-8-2-9-18-10-7-14-6-5-12(11-14)3-4-13(15)16/h12H,2-11H2,1H3,(H,15,16). The molecule has 5 nitrogen and oxygen atoms in total. The summed E-state index contributed by atoms with van der Waals surface area (Å²) in [4.78, 5) is 12.9. The number of carbonyl (C=O) groups is 1. The topological polar surface area (TPSA) is 59.0 Å². The minimum atomic E-state index is -0.685. The van der Waals surface area contributed by atoms with Crippen molar-refractivity contribution in [1.29, 1.82) is 0 Å². The SMILES string of the molecule is COCCCOCCN1CCC(CCC(=O)O)C1. The summed E-state index contributed by atoms with van der Waals surface area (Å²) in [5.41, 5.74) is 0. The van der Waals surface area contributed by atoms with E-state index in [1.807, 2.05) is 0 Å². The predicted molar refractivity (Wildman–Crippen MR) is 68.7 cm³/mol. The van der Waals surface area contributed by atoms with E-state index in [4.69, 9.17) is 14.6 Å². The lowest BCUT2D eigenvalue weighted by atomic mass is 10.0. The zero-order chi connectivity index (χ0) is 13.2. The summed E-state index contributed by atoms with van der Waals surface area (Å²) in [6.45, 7) is 5.32. The number of nitrogens with zero attached hydrogens (tertiary/aromatic N) is 1. The van der Waals surface area contributed by atoms with Crippen molar-refractivity contribution in [2.24, 2.45) is 5.92 Å². The van der Waals surface area contributed by atoms with Crippen LogP contribution in [0.4, 0.5) is 0 Å². The maximum Gasteiger partial charge on any atom is 0.303 e. The lowest BCUT2D eigenvalue weighted by Gasteiger charge is -2.15. The summed E-state index contributed by atoms with van der Waals surface area (Å²) in [7, 11) is 1.70. The Morgan fingerprint density at radius 2 is 2.22 bits per heavy atom. The van der Waals surface area contributed by atoms with Gasteiger partial charge in [-0.2, -0.15) is 0 Å². The third-order valence-corrected chi connectivity index (χ3v) is 3.33. The fraction of sp³-hybridized carbons (Fsp3) is 0.923. The highest BCUT2D eigenvalue weighted by Crippen LogP contribution is 2.20. The van der Waals surface area contributed by atoms with Crippen molar-refractivity contribution in [2.75, 3.05) is 46.6 Å². The van der Waals surface area contributed by atoms with Crippen LogP contribution >= 0.6 is 0 Å².